The molecule has 0 aliphatic heterocycles. The summed E-state index contributed by atoms with van der Waals surface area (Å²) in [4.78, 5) is 10.1. The summed E-state index contributed by atoms with van der Waals surface area (Å²) in [5.74, 6) is 0.114. The third-order valence-corrected chi connectivity index (χ3v) is 6.31. The molecule has 36 heavy (non-hydrogen) atoms. The fourth-order valence-corrected chi connectivity index (χ4v) is 4.34. The zero-order valence-electron chi connectivity index (χ0n) is 20.1. The monoisotopic (exact) mass is 504 g/mol. The number of pyridine rings is 1. The SMILES string of the molecule is Cc1cccc(Cc2nc(/C=C/c3ccccn3)nn2-c2ccc(S(=O)(=O)N=CN(C)C)cc2F)c1. The fourth-order valence-electron chi connectivity index (χ4n) is 3.42. The van der Waals surface area contributed by atoms with E-state index in [4.69, 9.17) is 0 Å². The second-order valence-corrected chi connectivity index (χ2v) is 9.96. The highest BCUT2D eigenvalue weighted by molar-refractivity contribution is 7.90. The summed E-state index contributed by atoms with van der Waals surface area (Å²) in [7, 11) is -0.766. The first-order valence-electron chi connectivity index (χ1n) is 11.1. The first kappa shape index (κ1) is 24.9. The van der Waals surface area contributed by atoms with Crippen molar-refractivity contribution in [2.24, 2.45) is 4.40 Å². The Balaban J connectivity index is 1.74. The summed E-state index contributed by atoms with van der Waals surface area (Å²) in [6.07, 6.45) is 6.70. The van der Waals surface area contributed by atoms with Gasteiger partial charge in [0.25, 0.3) is 10.0 Å². The largest absolute Gasteiger partial charge is 0.368 e. The van der Waals surface area contributed by atoms with Crippen molar-refractivity contribution in [3.63, 3.8) is 0 Å². The van der Waals surface area contributed by atoms with Crippen LogP contribution in [-0.2, 0) is 16.4 Å². The molecule has 4 aromatic rings. The van der Waals surface area contributed by atoms with Gasteiger partial charge in [-0.25, -0.2) is 14.1 Å². The predicted octanol–water partition coefficient (Wildman–Crippen LogP) is 4.15. The highest BCUT2D eigenvalue weighted by Gasteiger charge is 2.19. The van der Waals surface area contributed by atoms with E-state index in [0.29, 0.717) is 18.1 Å². The van der Waals surface area contributed by atoms with Crippen molar-refractivity contribution in [2.75, 3.05) is 14.1 Å². The van der Waals surface area contributed by atoms with E-state index < -0.39 is 15.8 Å². The Kier molecular flexibility index (Phi) is 7.35. The van der Waals surface area contributed by atoms with E-state index in [1.54, 1.807) is 32.4 Å². The van der Waals surface area contributed by atoms with Gasteiger partial charge in [0.05, 0.1) is 10.6 Å². The first-order chi connectivity index (χ1) is 17.2. The maximum Gasteiger partial charge on any atom is 0.283 e. The van der Waals surface area contributed by atoms with Crippen molar-refractivity contribution in [1.29, 1.82) is 0 Å². The van der Waals surface area contributed by atoms with E-state index in [1.807, 2.05) is 49.4 Å². The van der Waals surface area contributed by atoms with Gasteiger partial charge in [0, 0.05) is 26.7 Å². The summed E-state index contributed by atoms with van der Waals surface area (Å²) < 4.78 is 45.1. The molecule has 2 aromatic heterocycles. The molecule has 0 bridgehead atoms. The Bertz CT molecular complexity index is 1530. The third kappa shape index (κ3) is 6.08. The molecule has 10 heteroatoms. The number of hydrogen-bond acceptors (Lipinski definition) is 5. The summed E-state index contributed by atoms with van der Waals surface area (Å²) in [6.45, 7) is 1.99. The molecular formula is C26H25FN6O2S. The highest BCUT2D eigenvalue weighted by Crippen LogP contribution is 2.22. The maximum absolute atomic E-state index is 15.3. The Morgan fingerprint density at radius 3 is 2.58 bits per heavy atom. The Morgan fingerprint density at radius 2 is 1.89 bits per heavy atom. The van der Waals surface area contributed by atoms with Crippen molar-refractivity contribution < 1.29 is 12.8 Å². The third-order valence-electron chi connectivity index (χ3n) is 5.09. The van der Waals surface area contributed by atoms with Gasteiger partial charge in [-0.05, 0) is 55.0 Å². The van der Waals surface area contributed by atoms with Gasteiger partial charge in [0.2, 0.25) is 0 Å². The number of hydrogen-bond donors (Lipinski definition) is 0. The van der Waals surface area contributed by atoms with Gasteiger partial charge in [0.1, 0.15) is 23.7 Å². The molecule has 0 N–H and O–H groups in total. The van der Waals surface area contributed by atoms with Crippen LogP contribution in [0.3, 0.4) is 0 Å². The zero-order valence-corrected chi connectivity index (χ0v) is 20.9. The van der Waals surface area contributed by atoms with E-state index in [9.17, 15) is 8.42 Å². The van der Waals surface area contributed by atoms with Crippen LogP contribution in [0.25, 0.3) is 17.8 Å². The summed E-state index contributed by atoms with van der Waals surface area (Å²) in [5.41, 5.74) is 2.89. The van der Waals surface area contributed by atoms with Crippen molar-refractivity contribution in [1.82, 2.24) is 24.6 Å². The topological polar surface area (TPSA) is 93.3 Å². The van der Waals surface area contributed by atoms with Crippen LogP contribution in [-0.4, -0.2) is 53.5 Å². The van der Waals surface area contributed by atoms with Gasteiger partial charge in [-0.3, -0.25) is 4.98 Å². The number of aromatic nitrogens is 4. The average molecular weight is 505 g/mol. The van der Waals surface area contributed by atoms with Crippen LogP contribution in [0.1, 0.15) is 28.5 Å². The van der Waals surface area contributed by atoms with Gasteiger partial charge >= 0.3 is 0 Å². The quantitative estimate of drug-likeness (QED) is 0.264. The lowest BCUT2D eigenvalue weighted by Crippen LogP contribution is -2.11. The Labute approximate surface area is 209 Å². The molecule has 0 saturated carbocycles. The number of rotatable bonds is 8. The van der Waals surface area contributed by atoms with Crippen LogP contribution in [0.5, 0.6) is 0 Å². The van der Waals surface area contributed by atoms with Crippen LogP contribution < -0.4 is 0 Å². The lowest BCUT2D eigenvalue weighted by molar-refractivity contribution is 0.585. The summed E-state index contributed by atoms with van der Waals surface area (Å²) >= 11 is 0. The Hall–Kier alpha value is -4.18. The van der Waals surface area contributed by atoms with E-state index in [0.717, 1.165) is 29.2 Å². The van der Waals surface area contributed by atoms with Crippen molar-refractivity contribution in [2.45, 2.75) is 18.2 Å². The zero-order chi connectivity index (χ0) is 25.7. The average Bonchev–Trinajstić information content (AvgIpc) is 3.24. The normalized spacial score (nSPS) is 12.0. The van der Waals surface area contributed by atoms with E-state index in [2.05, 4.69) is 19.5 Å². The molecule has 0 atom stereocenters. The van der Waals surface area contributed by atoms with Crippen molar-refractivity contribution in [3.05, 3.63) is 101 Å². The van der Waals surface area contributed by atoms with Gasteiger partial charge in [-0.1, -0.05) is 35.9 Å². The number of benzene rings is 2. The molecule has 0 radical (unpaired) electrons. The number of nitrogens with zero attached hydrogens (tertiary/aromatic N) is 6. The summed E-state index contributed by atoms with van der Waals surface area (Å²) in [5, 5.41) is 4.49. The standard InChI is InChI=1S/C26H25FN6O2S/c1-19-7-6-8-20(15-19)16-26-30-25(13-10-21-9-4-5-14-28-21)31-33(26)24-12-11-22(17-23(24)27)36(34,35)29-18-32(2)3/h4-15,17-18H,16H2,1-3H3/b13-10+,29-18?. The molecule has 0 aliphatic rings. The molecule has 2 aromatic carbocycles. The molecular weight excluding hydrogens is 479 g/mol. The molecule has 8 nitrogen and oxygen atoms in total. The van der Waals surface area contributed by atoms with Crippen molar-refractivity contribution in [3.8, 4) is 5.69 Å². The Morgan fingerprint density at radius 1 is 1.06 bits per heavy atom. The minimum absolute atomic E-state index is 0.0816. The minimum atomic E-state index is -4.05. The van der Waals surface area contributed by atoms with E-state index in [1.165, 1.54) is 21.7 Å². The number of sulfonamides is 1. The van der Waals surface area contributed by atoms with E-state index in [-0.39, 0.29) is 10.6 Å². The number of halogens is 1. The molecule has 0 unspecified atom stereocenters. The minimum Gasteiger partial charge on any atom is -0.368 e. The van der Waals surface area contributed by atoms with E-state index >= 15 is 4.39 Å². The first-order valence-corrected chi connectivity index (χ1v) is 12.5. The van der Waals surface area contributed by atoms with Crippen LogP contribution >= 0.6 is 0 Å². The van der Waals surface area contributed by atoms with Crippen LogP contribution in [0.15, 0.2) is 76.2 Å². The number of aryl methyl sites for hydroxylation is 1. The lowest BCUT2D eigenvalue weighted by atomic mass is 10.1. The molecule has 4 rings (SSSR count). The molecule has 0 fully saturated rings. The van der Waals surface area contributed by atoms with Gasteiger partial charge in [-0.2, -0.15) is 8.42 Å². The van der Waals surface area contributed by atoms with Gasteiger partial charge in [0.15, 0.2) is 5.82 Å². The van der Waals surface area contributed by atoms with Gasteiger partial charge < -0.3 is 4.90 Å². The van der Waals surface area contributed by atoms with Crippen LogP contribution in [0.4, 0.5) is 4.39 Å². The fraction of sp³-hybridized carbons (Fsp3) is 0.154. The molecule has 0 saturated heterocycles. The second kappa shape index (κ2) is 10.6. The predicted molar refractivity (Wildman–Crippen MR) is 138 cm³/mol. The molecule has 2 heterocycles. The van der Waals surface area contributed by atoms with Crippen LogP contribution in [0.2, 0.25) is 0 Å². The highest BCUT2D eigenvalue weighted by atomic mass is 32.2. The molecule has 0 aliphatic carbocycles. The lowest BCUT2D eigenvalue weighted by Gasteiger charge is -2.09. The summed E-state index contributed by atoms with van der Waals surface area (Å²) in [6, 6.07) is 17.1. The van der Waals surface area contributed by atoms with Crippen molar-refractivity contribution >= 4 is 28.5 Å². The van der Waals surface area contributed by atoms with Gasteiger partial charge in [-0.15, -0.1) is 9.50 Å². The van der Waals surface area contributed by atoms with Crippen LogP contribution in [0, 0.1) is 12.7 Å². The molecule has 0 spiro atoms. The smallest absolute Gasteiger partial charge is 0.283 e. The maximum atomic E-state index is 15.3. The molecule has 0 amide bonds. The second-order valence-electron chi connectivity index (χ2n) is 8.32. The molecule has 184 valence electrons.